The van der Waals surface area contributed by atoms with Crippen molar-refractivity contribution in [1.82, 2.24) is 5.16 Å². The molecule has 2 heterocycles. The van der Waals surface area contributed by atoms with Gasteiger partial charge in [-0.2, -0.15) is 0 Å². The molecule has 0 unspecified atom stereocenters. The third kappa shape index (κ3) is 4.01. The van der Waals surface area contributed by atoms with Gasteiger partial charge in [0.1, 0.15) is 17.3 Å². The van der Waals surface area contributed by atoms with Crippen LogP contribution in [0.3, 0.4) is 0 Å². The molecule has 6 nitrogen and oxygen atoms in total. The first-order chi connectivity index (χ1) is 14.7. The van der Waals surface area contributed by atoms with Crippen LogP contribution >= 0.6 is 0 Å². The van der Waals surface area contributed by atoms with E-state index < -0.39 is 0 Å². The molecular formula is C24H26N2O4. The molecule has 0 saturated carbocycles. The molecule has 3 aromatic rings. The zero-order valence-electron chi connectivity index (χ0n) is 17.4. The van der Waals surface area contributed by atoms with Crippen LogP contribution in [0, 0.1) is 0 Å². The highest BCUT2D eigenvalue weighted by atomic mass is 16.5. The number of hydrogen-bond acceptors (Lipinski definition) is 6. The summed E-state index contributed by atoms with van der Waals surface area (Å²) in [6.45, 7) is 3.00. The quantitative estimate of drug-likeness (QED) is 0.546. The Kier molecular flexibility index (Phi) is 6.26. The fourth-order valence-corrected chi connectivity index (χ4v) is 3.76. The zero-order valence-corrected chi connectivity index (χ0v) is 17.4. The van der Waals surface area contributed by atoms with Gasteiger partial charge in [0, 0.05) is 25.7 Å². The summed E-state index contributed by atoms with van der Waals surface area (Å²) in [5.41, 5.74) is 3.51. The van der Waals surface area contributed by atoms with Crippen LogP contribution in [-0.4, -0.2) is 44.5 Å². The molecule has 0 bridgehead atoms. The Labute approximate surface area is 176 Å². The number of methoxy groups -OCH3 is 2. The van der Waals surface area contributed by atoms with Gasteiger partial charge < -0.3 is 18.7 Å². The molecule has 0 aliphatic carbocycles. The molecule has 6 heteroatoms. The lowest BCUT2D eigenvalue weighted by Gasteiger charge is -2.17. The minimum atomic E-state index is -0.231. The molecule has 0 N–H and O–H groups in total. The van der Waals surface area contributed by atoms with Crippen molar-refractivity contribution < 1.29 is 18.7 Å². The van der Waals surface area contributed by atoms with E-state index in [4.69, 9.17) is 23.7 Å². The summed E-state index contributed by atoms with van der Waals surface area (Å²) in [6, 6.07) is 19.9. The van der Waals surface area contributed by atoms with Crippen LogP contribution in [0.2, 0.25) is 0 Å². The summed E-state index contributed by atoms with van der Waals surface area (Å²) in [5, 5.41) is 4.38. The molecule has 1 aliphatic rings. The van der Waals surface area contributed by atoms with E-state index in [1.54, 1.807) is 14.2 Å². The second kappa shape index (κ2) is 9.24. The largest absolute Gasteiger partial charge is 0.467 e. The lowest BCUT2D eigenvalue weighted by molar-refractivity contribution is 0.120. The lowest BCUT2D eigenvalue weighted by atomic mass is 10.00. The Balaban J connectivity index is 1.78. The van der Waals surface area contributed by atoms with Gasteiger partial charge in [0.15, 0.2) is 11.9 Å². The van der Waals surface area contributed by atoms with Crippen LogP contribution in [-0.2, 0) is 14.2 Å². The molecule has 2 aromatic carbocycles. The average Bonchev–Trinajstić information content (AvgIpc) is 3.40. The first-order valence-electron chi connectivity index (χ1n) is 10.1. The van der Waals surface area contributed by atoms with Gasteiger partial charge >= 0.3 is 0 Å². The molecule has 30 heavy (non-hydrogen) atoms. The fourth-order valence-electron chi connectivity index (χ4n) is 3.76. The standard InChI is InChI=1S/C24H26N2O4/c1-16(14-27-2)22-20(21(26-30-22)17-10-6-4-7-11-17)24-25-19(15-28-3)23(29-24)18-12-8-5-9-13-18/h4-13,16,19,23H,14-15H2,1-3H3/t16-,19-,23-/m0/s1. The van der Waals surface area contributed by atoms with Crippen LogP contribution in [0.4, 0.5) is 0 Å². The van der Waals surface area contributed by atoms with Crippen LogP contribution in [0.1, 0.15) is 35.8 Å². The number of nitrogens with zero attached hydrogens (tertiary/aromatic N) is 2. The number of benzene rings is 2. The van der Waals surface area contributed by atoms with Gasteiger partial charge in [-0.05, 0) is 5.56 Å². The smallest absolute Gasteiger partial charge is 0.223 e. The number of hydrogen-bond donors (Lipinski definition) is 0. The highest BCUT2D eigenvalue weighted by Gasteiger charge is 2.37. The number of aromatic nitrogens is 1. The maximum atomic E-state index is 6.42. The fraction of sp³-hybridized carbons (Fsp3) is 0.333. The highest BCUT2D eigenvalue weighted by molar-refractivity contribution is 6.02. The number of ether oxygens (including phenoxy) is 3. The van der Waals surface area contributed by atoms with Gasteiger partial charge in [0.2, 0.25) is 5.90 Å². The minimum absolute atomic E-state index is 0.00193. The van der Waals surface area contributed by atoms with Gasteiger partial charge in [-0.1, -0.05) is 72.7 Å². The predicted octanol–water partition coefficient (Wildman–Crippen LogP) is 4.62. The average molecular weight is 406 g/mol. The Morgan fingerprint density at radius 2 is 1.67 bits per heavy atom. The van der Waals surface area contributed by atoms with Crippen molar-refractivity contribution in [3.8, 4) is 11.3 Å². The molecule has 0 radical (unpaired) electrons. The van der Waals surface area contributed by atoms with Gasteiger partial charge in [-0.15, -0.1) is 0 Å². The van der Waals surface area contributed by atoms with E-state index in [-0.39, 0.29) is 18.1 Å². The number of rotatable bonds is 8. The van der Waals surface area contributed by atoms with E-state index in [1.165, 1.54) is 0 Å². The maximum Gasteiger partial charge on any atom is 0.223 e. The lowest BCUT2D eigenvalue weighted by Crippen LogP contribution is -2.19. The third-order valence-corrected chi connectivity index (χ3v) is 5.18. The zero-order chi connectivity index (χ0) is 20.9. The maximum absolute atomic E-state index is 6.42. The second-order valence-electron chi connectivity index (χ2n) is 7.40. The SMILES string of the molecule is COC[C@@H]1N=C(c2c(-c3ccccc3)noc2[C@@H](C)COC)O[C@H]1c1ccccc1. The normalized spacial score (nSPS) is 19.4. The van der Waals surface area contributed by atoms with E-state index in [0.717, 1.165) is 22.4 Å². The van der Waals surface area contributed by atoms with E-state index in [1.807, 2.05) is 67.6 Å². The summed E-state index contributed by atoms with van der Waals surface area (Å²) in [4.78, 5) is 4.90. The van der Waals surface area contributed by atoms with Crippen LogP contribution in [0.5, 0.6) is 0 Å². The summed E-state index contributed by atoms with van der Waals surface area (Å²) >= 11 is 0. The molecule has 156 valence electrons. The number of aliphatic imine (C=N–C) groups is 1. The monoisotopic (exact) mass is 406 g/mol. The third-order valence-electron chi connectivity index (χ3n) is 5.18. The molecule has 1 aromatic heterocycles. The minimum Gasteiger partial charge on any atom is -0.467 e. The molecule has 1 aliphatic heterocycles. The van der Waals surface area contributed by atoms with Crippen LogP contribution in [0.25, 0.3) is 11.3 Å². The van der Waals surface area contributed by atoms with Crippen molar-refractivity contribution in [3.63, 3.8) is 0 Å². The summed E-state index contributed by atoms with van der Waals surface area (Å²) in [6.07, 6.45) is -0.231. The first kappa shape index (κ1) is 20.3. The van der Waals surface area contributed by atoms with E-state index in [0.29, 0.717) is 24.9 Å². The van der Waals surface area contributed by atoms with Crippen LogP contribution in [0.15, 0.2) is 70.2 Å². The van der Waals surface area contributed by atoms with Gasteiger partial charge in [-0.3, -0.25) is 0 Å². The molecule has 0 fully saturated rings. The Morgan fingerprint density at radius 3 is 2.33 bits per heavy atom. The summed E-state index contributed by atoms with van der Waals surface area (Å²) < 4.78 is 23.0. The van der Waals surface area contributed by atoms with Gasteiger partial charge in [0.25, 0.3) is 0 Å². The van der Waals surface area contributed by atoms with Gasteiger partial charge in [0.05, 0.1) is 13.2 Å². The van der Waals surface area contributed by atoms with Crippen molar-refractivity contribution >= 4 is 5.90 Å². The van der Waals surface area contributed by atoms with Crippen molar-refractivity contribution in [2.45, 2.75) is 25.0 Å². The Bertz CT molecular complexity index is 985. The van der Waals surface area contributed by atoms with E-state index in [2.05, 4.69) is 5.16 Å². The van der Waals surface area contributed by atoms with Crippen LogP contribution < -0.4 is 0 Å². The van der Waals surface area contributed by atoms with Crippen molar-refractivity contribution in [2.24, 2.45) is 4.99 Å². The Hall–Kier alpha value is -2.96. The molecule has 4 rings (SSSR count). The topological polar surface area (TPSA) is 66.1 Å². The second-order valence-corrected chi connectivity index (χ2v) is 7.40. The van der Waals surface area contributed by atoms with Gasteiger partial charge in [-0.25, -0.2) is 4.99 Å². The molecule has 0 spiro atoms. The van der Waals surface area contributed by atoms with Crippen molar-refractivity contribution in [2.75, 3.05) is 27.4 Å². The van der Waals surface area contributed by atoms with Crippen molar-refractivity contribution in [1.29, 1.82) is 0 Å². The Morgan fingerprint density at radius 1 is 0.967 bits per heavy atom. The highest BCUT2D eigenvalue weighted by Crippen LogP contribution is 2.37. The predicted molar refractivity (Wildman–Crippen MR) is 115 cm³/mol. The summed E-state index contributed by atoms with van der Waals surface area (Å²) in [7, 11) is 3.35. The first-order valence-corrected chi connectivity index (χ1v) is 10.1. The van der Waals surface area contributed by atoms with E-state index in [9.17, 15) is 0 Å². The summed E-state index contributed by atoms with van der Waals surface area (Å²) in [5.74, 6) is 1.24. The molecule has 3 atom stereocenters. The van der Waals surface area contributed by atoms with Crippen molar-refractivity contribution in [3.05, 3.63) is 77.6 Å². The molecule has 0 amide bonds. The molecule has 0 saturated heterocycles. The van der Waals surface area contributed by atoms with E-state index >= 15 is 0 Å². The molecular weight excluding hydrogens is 380 g/mol.